The van der Waals surface area contributed by atoms with Gasteiger partial charge in [-0.05, 0) is 0 Å². The van der Waals surface area contributed by atoms with Crippen molar-refractivity contribution in [3.8, 4) is 0 Å². The van der Waals surface area contributed by atoms with E-state index < -0.39 is 15.9 Å². The number of carbonyl (C=O) groups excluding carboxylic acids is 2. The molecule has 2 aliphatic heterocycles. The molecule has 8 nitrogen and oxygen atoms in total. The molecule has 2 heterocycles. The van der Waals surface area contributed by atoms with Gasteiger partial charge in [0.2, 0.25) is 11.8 Å². The number of hydrogen-bond donors (Lipinski definition) is 0. The van der Waals surface area contributed by atoms with Crippen LogP contribution < -0.4 is 0 Å². The highest BCUT2D eigenvalue weighted by molar-refractivity contribution is 7.91. The third kappa shape index (κ3) is 3.58. The van der Waals surface area contributed by atoms with Crippen LogP contribution in [-0.2, 0) is 24.2 Å². The van der Waals surface area contributed by atoms with Crippen molar-refractivity contribution < 1.29 is 22.7 Å². The number of nitrogens with zero attached hydrogens (tertiary/aromatic N) is 3. The van der Waals surface area contributed by atoms with Gasteiger partial charge >= 0.3 is 0 Å². The van der Waals surface area contributed by atoms with Gasteiger partial charge in [-0.3, -0.25) is 14.5 Å². The van der Waals surface area contributed by atoms with E-state index in [4.69, 9.17) is 4.74 Å². The maximum Gasteiger partial charge on any atom is 0.248 e. The summed E-state index contributed by atoms with van der Waals surface area (Å²) in [6.45, 7) is 1.03. The van der Waals surface area contributed by atoms with E-state index in [0.717, 1.165) is 0 Å². The van der Waals surface area contributed by atoms with E-state index in [-0.39, 0.29) is 42.5 Å². The van der Waals surface area contributed by atoms with Crippen LogP contribution in [0.5, 0.6) is 0 Å². The van der Waals surface area contributed by atoms with E-state index in [1.54, 1.807) is 19.0 Å². The molecule has 0 radical (unpaired) electrons. The molecule has 0 aromatic rings. The quantitative estimate of drug-likeness (QED) is 0.593. The summed E-state index contributed by atoms with van der Waals surface area (Å²) in [5, 5.41) is 0. The van der Waals surface area contributed by atoms with E-state index in [9.17, 15) is 18.0 Å². The van der Waals surface area contributed by atoms with Gasteiger partial charge in [-0.1, -0.05) is 0 Å². The van der Waals surface area contributed by atoms with Crippen LogP contribution in [0.15, 0.2) is 0 Å². The molecule has 0 aromatic heterocycles. The van der Waals surface area contributed by atoms with Gasteiger partial charge in [0.15, 0.2) is 9.84 Å². The van der Waals surface area contributed by atoms with Crippen LogP contribution in [0, 0.1) is 0 Å². The number of rotatable bonds is 4. The molecule has 0 bridgehead atoms. The maximum atomic E-state index is 12.1. The summed E-state index contributed by atoms with van der Waals surface area (Å²) in [4.78, 5) is 29.0. The van der Waals surface area contributed by atoms with Gasteiger partial charge in [0.05, 0.1) is 24.1 Å². The first-order valence-corrected chi connectivity index (χ1v) is 9.00. The lowest BCUT2D eigenvalue weighted by Gasteiger charge is -2.43. The molecule has 2 amide bonds. The summed E-state index contributed by atoms with van der Waals surface area (Å²) in [5.41, 5.74) is 0. The molecule has 9 heteroatoms. The number of hydrogen-bond acceptors (Lipinski definition) is 6. The van der Waals surface area contributed by atoms with Gasteiger partial charge in [-0.15, -0.1) is 0 Å². The topological polar surface area (TPSA) is 87.2 Å². The summed E-state index contributed by atoms with van der Waals surface area (Å²) in [6, 6.07) is -0.709. The number of piperazine rings is 1. The Hall–Kier alpha value is -1.19. The van der Waals surface area contributed by atoms with E-state index >= 15 is 0 Å². The Morgan fingerprint density at radius 2 is 1.82 bits per heavy atom. The summed E-state index contributed by atoms with van der Waals surface area (Å²) >= 11 is 0. The predicted molar refractivity (Wildman–Crippen MR) is 80.1 cm³/mol. The number of likely N-dealkylation sites (N-methyl/N-ethyl adjacent to an activating group) is 1. The fourth-order valence-electron chi connectivity index (χ4n) is 3.05. The first-order chi connectivity index (χ1) is 10.2. The largest absolute Gasteiger partial charge is 0.375 e. The number of methoxy groups -OCH3 is 1. The summed E-state index contributed by atoms with van der Waals surface area (Å²) in [5.74, 6) is -0.317. The van der Waals surface area contributed by atoms with Gasteiger partial charge in [0.25, 0.3) is 0 Å². The molecule has 22 heavy (non-hydrogen) atoms. The highest BCUT2D eigenvalue weighted by Crippen LogP contribution is 2.27. The van der Waals surface area contributed by atoms with Crippen LogP contribution in [0.1, 0.15) is 0 Å². The highest BCUT2D eigenvalue weighted by Gasteiger charge is 2.48. The monoisotopic (exact) mass is 333 g/mol. The maximum absolute atomic E-state index is 12.1. The summed E-state index contributed by atoms with van der Waals surface area (Å²) in [6.07, 6.45) is 0. The lowest BCUT2D eigenvalue weighted by molar-refractivity contribution is -0.142. The molecular weight excluding hydrogens is 310 g/mol. The van der Waals surface area contributed by atoms with E-state index in [0.29, 0.717) is 13.1 Å². The van der Waals surface area contributed by atoms with Crippen LogP contribution in [0.2, 0.25) is 0 Å². The van der Waals surface area contributed by atoms with Crippen molar-refractivity contribution in [1.82, 2.24) is 14.7 Å². The van der Waals surface area contributed by atoms with Crippen LogP contribution >= 0.6 is 0 Å². The third-order valence-corrected chi connectivity index (χ3v) is 5.92. The SMILES string of the molecule is COCC(=O)N1CCN(CC(=O)N(C)C)[C@@H]2CS(=O)(=O)C[C@@H]21. The van der Waals surface area contributed by atoms with Crippen LogP contribution in [0.25, 0.3) is 0 Å². The fourth-order valence-corrected chi connectivity index (χ4v) is 5.06. The lowest BCUT2D eigenvalue weighted by Crippen LogP contribution is -2.62. The molecule has 2 rings (SSSR count). The Bertz CT molecular complexity index is 548. The van der Waals surface area contributed by atoms with Crippen molar-refractivity contribution in [2.24, 2.45) is 0 Å². The van der Waals surface area contributed by atoms with Gasteiger partial charge in [-0.25, -0.2) is 8.42 Å². The zero-order valence-electron chi connectivity index (χ0n) is 13.2. The molecule has 0 spiro atoms. The van der Waals surface area contributed by atoms with E-state index in [1.807, 2.05) is 4.90 Å². The Morgan fingerprint density at radius 3 is 2.41 bits per heavy atom. The second-order valence-corrected chi connectivity index (χ2v) is 8.14. The first-order valence-electron chi connectivity index (χ1n) is 7.18. The predicted octanol–water partition coefficient (Wildman–Crippen LogP) is -1.97. The molecule has 0 aromatic carbocycles. The number of ether oxygens (including phenoxy) is 1. The average Bonchev–Trinajstić information content (AvgIpc) is 2.74. The molecule has 2 saturated heterocycles. The molecule has 2 atom stereocenters. The van der Waals surface area contributed by atoms with Gasteiger partial charge in [0.1, 0.15) is 6.61 Å². The van der Waals surface area contributed by atoms with Crippen molar-refractivity contribution in [3.05, 3.63) is 0 Å². The van der Waals surface area contributed by atoms with Crippen molar-refractivity contribution >= 4 is 21.7 Å². The van der Waals surface area contributed by atoms with E-state index in [2.05, 4.69) is 0 Å². The Balaban J connectivity index is 2.17. The zero-order valence-corrected chi connectivity index (χ0v) is 14.0. The van der Waals surface area contributed by atoms with Gasteiger partial charge in [-0.2, -0.15) is 0 Å². The minimum atomic E-state index is -3.20. The number of sulfone groups is 1. The number of fused-ring (bicyclic) bond motifs is 1. The molecule has 126 valence electrons. The Labute approximate surface area is 130 Å². The van der Waals surface area contributed by atoms with Crippen LogP contribution in [0.3, 0.4) is 0 Å². The minimum absolute atomic E-state index is 0.00482. The van der Waals surface area contributed by atoms with Crippen molar-refractivity contribution in [1.29, 1.82) is 0 Å². The molecule has 0 unspecified atom stereocenters. The van der Waals surface area contributed by atoms with Crippen LogP contribution in [0.4, 0.5) is 0 Å². The van der Waals surface area contributed by atoms with Crippen molar-refractivity contribution in [3.63, 3.8) is 0 Å². The molecule has 0 saturated carbocycles. The van der Waals surface area contributed by atoms with E-state index in [1.165, 1.54) is 12.0 Å². The normalized spacial score (nSPS) is 27.5. The van der Waals surface area contributed by atoms with Gasteiger partial charge in [0, 0.05) is 40.3 Å². The zero-order chi connectivity index (χ0) is 16.5. The highest BCUT2D eigenvalue weighted by atomic mass is 32.2. The van der Waals surface area contributed by atoms with Gasteiger partial charge < -0.3 is 14.5 Å². The molecular formula is C13H23N3O5S. The number of amides is 2. The second kappa shape index (κ2) is 6.51. The number of carbonyl (C=O) groups is 2. The Morgan fingerprint density at radius 1 is 1.18 bits per heavy atom. The average molecular weight is 333 g/mol. The fraction of sp³-hybridized carbons (Fsp3) is 0.846. The molecule has 2 fully saturated rings. The first kappa shape index (κ1) is 17.2. The Kier molecular flexibility index (Phi) is 5.08. The lowest BCUT2D eigenvalue weighted by atomic mass is 10.0. The molecule has 2 aliphatic rings. The van der Waals surface area contributed by atoms with Crippen molar-refractivity contribution in [2.45, 2.75) is 12.1 Å². The minimum Gasteiger partial charge on any atom is -0.375 e. The standard InChI is InChI=1S/C13H23N3O5S/c1-14(2)12(17)6-15-4-5-16(13(18)7-21-3)11-9-22(19,20)8-10(11)15/h10-11H,4-9H2,1-3H3/t10-,11+/m1/s1. The summed E-state index contributed by atoms with van der Waals surface area (Å²) in [7, 11) is 1.58. The smallest absolute Gasteiger partial charge is 0.248 e. The van der Waals surface area contributed by atoms with Crippen molar-refractivity contribution in [2.75, 3.05) is 59.0 Å². The molecule has 0 aliphatic carbocycles. The summed E-state index contributed by atoms with van der Waals surface area (Å²) < 4.78 is 28.9. The third-order valence-electron chi connectivity index (χ3n) is 4.22. The van der Waals surface area contributed by atoms with Crippen LogP contribution in [-0.4, -0.2) is 106 Å². The molecule has 0 N–H and O–H groups in total. The second-order valence-electron chi connectivity index (χ2n) is 5.99.